The third-order valence-corrected chi connectivity index (χ3v) is 3.45. The average molecular weight is 218 g/mol. The van der Waals surface area contributed by atoms with Crippen molar-refractivity contribution in [3.05, 3.63) is 20.9 Å². The van der Waals surface area contributed by atoms with E-state index in [9.17, 15) is 0 Å². The fraction of sp³-hybridized carbons (Fsp3) is 0.444. The summed E-state index contributed by atoms with van der Waals surface area (Å²) >= 11 is 7.53. The summed E-state index contributed by atoms with van der Waals surface area (Å²) in [6, 6.07) is 0. The third-order valence-electron chi connectivity index (χ3n) is 1.72. The van der Waals surface area contributed by atoms with Crippen LogP contribution < -0.4 is 0 Å². The van der Waals surface area contributed by atoms with Crippen LogP contribution in [0.2, 0.25) is 0 Å². The van der Waals surface area contributed by atoms with Crippen molar-refractivity contribution in [1.82, 2.24) is 0 Å². The fourth-order valence-electron chi connectivity index (χ4n) is 1.03. The van der Waals surface area contributed by atoms with Crippen LogP contribution in [0.25, 0.3) is 0 Å². The Hall–Kier alpha value is -0.250. The Bertz CT molecular complexity index is 294. The Morgan fingerprint density at radius 2 is 2.38 bits per heavy atom. The smallest absolute Gasteiger partial charge is 0.0744 e. The first kappa shape index (κ1) is 10.8. The van der Waals surface area contributed by atoms with Gasteiger partial charge in [0.2, 0.25) is 0 Å². The zero-order chi connectivity index (χ0) is 9.84. The van der Waals surface area contributed by atoms with E-state index in [2.05, 4.69) is 4.99 Å². The molecule has 72 valence electrons. The van der Waals surface area contributed by atoms with Gasteiger partial charge in [-0.3, -0.25) is 4.99 Å². The summed E-state index contributed by atoms with van der Waals surface area (Å²) in [5, 5.41) is 9.75. The second-order valence-corrected chi connectivity index (χ2v) is 4.16. The molecule has 1 N–H and O–H groups in total. The minimum absolute atomic E-state index is 0.0566. The van der Waals surface area contributed by atoms with Crippen LogP contribution in [0.4, 0.5) is 0 Å². The Morgan fingerprint density at radius 1 is 1.69 bits per heavy atom. The Balaban J connectivity index is 2.97. The zero-order valence-electron chi connectivity index (χ0n) is 7.67. The molecule has 13 heavy (non-hydrogen) atoms. The molecule has 0 aliphatic carbocycles. The van der Waals surface area contributed by atoms with Crippen LogP contribution in [0.15, 0.2) is 25.9 Å². The van der Waals surface area contributed by atoms with Crippen molar-refractivity contribution in [3.63, 3.8) is 0 Å². The van der Waals surface area contributed by atoms with E-state index < -0.39 is 0 Å². The van der Waals surface area contributed by atoms with E-state index in [0.717, 1.165) is 27.0 Å². The van der Waals surface area contributed by atoms with Crippen molar-refractivity contribution in [1.29, 1.82) is 0 Å². The maximum Gasteiger partial charge on any atom is 0.0744 e. The molecule has 0 atom stereocenters. The predicted molar refractivity (Wildman–Crippen MR) is 59.3 cm³/mol. The van der Waals surface area contributed by atoms with Gasteiger partial charge < -0.3 is 5.11 Å². The van der Waals surface area contributed by atoms with E-state index in [4.69, 9.17) is 16.7 Å². The maximum atomic E-state index is 8.94. The lowest BCUT2D eigenvalue weighted by atomic mass is 10.3. The monoisotopic (exact) mass is 217 g/mol. The standard InChI is InChI=1S/C9H12ClNOS/c1-3-7(10)9-8(11-2)4-6(5-12)13-9/h4,12H,3,5H2,1-2H3/b9-7-,11-8?. The zero-order valence-corrected chi connectivity index (χ0v) is 9.24. The van der Waals surface area contributed by atoms with Gasteiger partial charge in [0, 0.05) is 17.0 Å². The molecule has 0 radical (unpaired) electrons. The topological polar surface area (TPSA) is 32.6 Å². The van der Waals surface area contributed by atoms with Crippen molar-refractivity contribution >= 4 is 29.1 Å². The highest BCUT2D eigenvalue weighted by atomic mass is 35.5. The van der Waals surface area contributed by atoms with E-state index in [1.165, 1.54) is 11.8 Å². The van der Waals surface area contributed by atoms with Crippen molar-refractivity contribution in [2.75, 3.05) is 13.7 Å². The SMILES string of the molecule is CC/C(Cl)=C1/SC(CO)=CC1=NC. The van der Waals surface area contributed by atoms with Gasteiger partial charge >= 0.3 is 0 Å². The van der Waals surface area contributed by atoms with Crippen molar-refractivity contribution in [2.24, 2.45) is 4.99 Å². The highest BCUT2D eigenvalue weighted by molar-refractivity contribution is 8.08. The number of rotatable bonds is 2. The predicted octanol–water partition coefficient (Wildman–Crippen LogP) is 2.54. The van der Waals surface area contributed by atoms with Gasteiger partial charge in [0.25, 0.3) is 0 Å². The van der Waals surface area contributed by atoms with Crippen molar-refractivity contribution in [3.8, 4) is 0 Å². The molecule has 0 fully saturated rings. The summed E-state index contributed by atoms with van der Waals surface area (Å²) in [6.45, 7) is 2.06. The number of thioether (sulfide) groups is 1. The van der Waals surface area contributed by atoms with Crippen molar-refractivity contribution in [2.45, 2.75) is 13.3 Å². The summed E-state index contributed by atoms with van der Waals surface area (Å²) in [5.41, 5.74) is 0.876. The van der Waals surface area contributed by atoms with E-state index >= 15 is 0 Å². The van der Waals surface area contributed by atoms with E-state index in [-0.39, 0.29) is 6.61 Å². The minimum atomic E-state index is 0.0566. The van der Waals surface area contributed by atoms with Gasteiger partial charge in [0.1, 0.15) is 0 Å². The van der Waals surface area contributed by atoms with Crippen LogP contribution in [-0.2, 0) is 0 Å². The third kappa shape index (κ3) is 2.36. The molecule has 1 heterocycles. The Labute approximate surface area is 87.4 Å². The number of aliphatic hydroxyl groups is 1. The number of halogens is 1. The van der Waals surface area contributed by atoms with E-state index in [0.29, 0.717) is 0 Å². The average Bonchev–Trinajstić information content (AvgIpc) is 2.59. The van der Waals surface area contributed by atoms with Crippen LogP contribution in [0.5, 0.6) is 0 Å². The fourth-order valence-corrected chi connectivity index (χ4v) is 2.25. The second-order valence-electron chi connectivity index (χ2n) is 2.57. The highest BCUT2D eigenvalue weighted by Crippen LogP contribution is 2.37. The summed E-state index contributed by atoms with van der Waals surface area (Å²) in [5.74, 6) is 0. The van der Waals surface area contributed by atoms with Gasteiger partial charge in [0.15, 0.2) is 0 Å². The molecule has 0 saturated heterocycles. The molecule has 0 aromatic rings. The molecule has 0 unspecified atom stereocenters. The maximum absolute atomic E-state index is 8.94. The van der Waals surface area contributed by atoms with Gasteiger partial charge in [-0.15, -0.1) is 0 Å². The Kier molecular flexibility index (Phi) is 4.03. The summed E-state index contributed by atoms with van der Waals surface area (Å²) < 4.78 is 0. The van der Waals surface area contributed by atoms with Crippen LogP contribution in [0, 0.1) is 0 Å². The Morgan fingerprint density at radius 3 is 2.85 bits per heavy atom. The van der Waals surface area contributed by atoms with Crippen LogP contribution in [-0.4, -0.2) is 24.5 Å². The molecular formula is C9H12ClNOS. The van der Waals surface area contributed by atoms with Gasteiger partial charge in [-0.05, 0) is 12.5 Å². The molecule has 0 aromatic carbocycles. The van der Waals surface area contributed by atoms with Crippen LogP contribution in [0.1, 0.15) is 13.3 Å². The first-order valence-corrected chi connectivity index (χ1v) is 5.27. The molecule has 0 amide bonds. The number of hydrogen-bond acceptors (Lipinski definition) is 3. The number of aliphatic hydroxyl groups excluding tert-OH is 1. The lowest BCUT2D eigenvalue weighted by Crippen LogP contribution is -1.92. The minimum Gasteiger partial charge on any atom is -0.391 e. The largest absolute Gasteiger partial charge is 0.391 e. The second kappa shape index (κ2) is 4.84. The molecular weight excluding hydrogens is 206 g/mol. The molecule has 1 rings (SSSR count). The molecule has 4 heteroatoms. The first-order chi connectivity index (χ1) is 6.22. The summed E-state index contributed by atoms with van der Waals surface area (Å²) in [4.78, 5) is 5.99. The van der Waals surface area contributed by atoms with Gasteiger partial charge in [-0.25, -0.2) is 0 Å². The highest BCUT2D eigenvalue weighted by Gasteiger charge is 2.19. The number of allylic oxidation sites excluding steroid dienone is 3. The number of nitrogens with zero attached hydrogens (tertiary/aromatic N) is 1. The van der Waals surface area contributed by atoms with Crippen LogP contribution >= 0.6 is 23.4 Å². The first-order valence-electron chi connectivity index (χ1n) is 4.08. The number of hydrogen-bond donors (Lipinski definition) is 1. The molecule has 0 spiro atoms. The quantitative estimate of drug-likeness (QED) is 0.771. The van der Waals surface area contributed by atoms with Gasteiger partial charge in [-0.1, -0.05) is 30.3 Å². The summed E-state index contributed by atoms with van der Waals surface area (Å²) in [6.07, 6.45) is 2.67. The molecule has 0 bridgehead atoms. The normalized spacial score (nSPS) is 23.7. The molecule has 1 aliphatic heterocycles. The van der Waals surface area contributed by atoms with E-state index in [1.807, 2.05) is 13.0 Å². The van der Waals surface area contributed by atoms with Crippen molar-refractivity contribution < 1.29 is 5.11 Å². The lowest BCUT2D eigenvalue weighted by molar-refractivity contribution is 0.340. The van der Waals surface area contributed by atoms with E-state index in [1.54, 1.807) is 7.05 Å². The molecule has 1 aliphatic rings. The molecule has 0 saturated carbocycles. The van der Waals surface area contributed by atoms with Crippen LogP contribution in [0.3, 0.4) is 0 Å². The lowest BCUT2D eigenvalue weighted by Gasteiger charge is -2.01. The molecule has 0 aromatic heterocycles. The van der Waals surface area contributed by atoms with Gasteiger partial charge in [0.05, 0.1) is 17.2 Å². The number of aliphatic imine (C=N–C) groups is 1. The summed E-state index contributed by atoms with van der Waals surface area (Å²) in [7, 11) is 1.73. The molecule has 2 nitrogen and oxygen atoms in total. The van der Waals surface area contributed by atoms with Gasteiger partial charge in [-0.2, -0.15) is 0 Å².